The van der Waals surface area contributed by atoms with Gasteiger partial charge in [0.15, 0.2) is 0 Å². The first-order valence-corrected chi connectivity index (χ1v) is 5.58. The Hall–Kier alpha value is -0.350. The lowest BCUT2D eigenvalue weighted by Crippen LogP contribution is -2.08. The largest absolute Gasteiger partial charge is 0.475 e. The van der Waals surface area contributed by atoms with Crippen LogP contribution in [-0.2, 0) is 0 Å². The fraction of sp³-hybridized carbons (Fsp3) is 0.750. The van der Waals surface area contributed by atoms with Crippen molar-refractivity contribution in [2.75, 3.05) is 6.61 Å². The fourth-order valence-corrected chi connectivity index (χ4v) is 2.27. The second-order valence-corrected chi connectivity index (χ2v) is 4.21. The van der Waals surface area contributed by atoms with E-state index in [9.17, 15) is 0 Å². The van der Waals surface area contributed by atoms with E-state index in [-0.39, 0.29) is 0 Å². The van der Waals surface area contributed by atoms with Crippen LogP contribution in [0.2, 0.25) is 5.15 Å². The molecule has 0 aromatic carbocycles. The smallest absolute Gasteiger partial charge is 0.265 e. The summed E-state index contributed by atoms with van der Waals surface area (Å²) in [5.41, 5.74) is 0. The Kier molecular flexibility index (Phi) is 3.01. The molecule has 0 radical (unpaired) electrons. The van der Waals surface area contributed by atoms with Gasteiger partial charge in [-0.3, -0.25) is 0 Å². The van der Waals surface area contributed by atoms with E-state index >= 15 is 0 Å². The van der Waals surface area contributed by atoms with Gasteiger partial charge in [-0.1, -0.05) is 24.4 Å². The summed E-state index contributed by atoms with van der Waals surface area (Å²) in [6.45, 7) is 0.741. The molecule has 5 heteroatoms. The molecule has 13 heavy (non-hydrogen) atoms. The van der Waals surface area contributed by atoms with Crippen LogP contribution in [0.5, 0.6) is 5.88 Å². The van der Waals surface area contributed by atoms with Crippen molar-refractivity contribution in [1.29, 1.82) is 0 Å². The van der Waals surface area contributed by atoms with Crippen molar-refractivity contribution in [1.82, 2.24) is 8.75 Å². The molecule has 1 saturated carbocycles. The summed E-state index contributed by atoms with van der Waals surface area (Å²) >= 11 is 6.83. The molecular formula is C8H11ClN2OS. The van der Waals surface area contributed by atoms with Crippen molar-refractivity contribution in [3.8, 4) is 5.88 Å². The third-order valence-electron chi connectivity index (χ3n) is 2.35. The molecule has 1 fully saturated rings. The average molecular weight is 219 g/mol. The molecule has 1 aromatic heterocycles. The minimum absolute atomic E-state index is 0.392. The van der Waals surface area contributed by atoms with Gasteiger partial charge in [0.25, 0.3) is 5.88 Å². The van der Waals surface area contributed by atoms with Crippen molar-refractivity contribution < 1.29 is 4.74 Å². The van der Waals surface area contributed by atoms with Crippen molar-refractivity contribution in [2.24, 2.45) is 5.92 Å². The molecule has 2 rings (SSSR count). The van der Waals surface area contributed by atoms with Crippen LogP contribution >= 0.6 is 23.3 Å². The summed E-state index contributed by atoms with van der Waals surface area (Å²) in [4.78, 5) is 0. The Morgan fingerprint density at radius 3 is 2.77 bits per heavy atom. The maximum atomic E-state index is 5.74. The molecule has 0 unspecified atom stereocenters. The number of aromatic nitrogens is 2. The highest BCUT2D eigenvalue weighted by Gasteiger charge is 2.17. The van der Waals surface area contributed by atoms with Crippen molar-refractivity contribution in [3.63, 3.8) is 0 Å². The molecular weight excluding hydrogens is 208 g/mol. The molecule has 3 nitrogen and oxygen atoms in total. The van der Waals surface area contributed by atoms with E-state index in [1.807, 2.05) is 0 Å². The van der Waals surface area contributed by atoms with Gasteiger partial charge in [0.2, 0.25) is 5.15 Å². The highest BCUT2D eigenvalue weighted by molar-refractivity contribution is 6.99. The summed E-state index contributed by atoms with van der Waals surface area (Å²) in [5.74, 6) is 1.19. The number of hydrogen-bond donors (Lipinski definition) is 0. The van der Waals surface area contributed by atoms with E-state index in [1.54, 1.807) is 0 Å². The normalized spacial score (nSPS) is 17.9. The minimum atomic E-state index is 0.392. The molecule has 0 atom stereocenters. The lowest BCUT2D eigenvalue weighted by Gasteiger charge is -2.08. The Balaban J connectivity index is 1.82. The van der Waals surface area contributed by atoms with E-state index in [0.29, 0.717) is 17.0 Å². The maximum absolute atomic E-state index is 5.74. The maximum Gasteiger partial charge on any atom is 0.265 e. The Bertz CT molecular complexity index is 273. The first-order valence-electron chi connectivity index (χ1n) is 4.47. The molecule has 0 spiro atoms. The highest BCUT2D eigenvalue weighted by Crippen LogP contribution is 2.27. The topological polar surface area (TPSA) is 35.0 Å². The predicted molar refractivity (Wildman–Crippen MR) is 52.4 cm³/mol. The molecule has 1 heterocycles. The zero-order valence-corrected chi connectivity index (χ0v) is 8.77. The van der Waals surface area contributed by atoms with Crippen LogP contribution in [0.4, 0.5) is 0 Å². The third kappa shape index (κ3) is 2.31. The van der Waals surface area contributed by atoms with Crippen LogP contribution in [0, 0.1) is 5.92 Å². The van der Waals surface area contributed by atoms with Gasteiger partial charge in [-0.25, -0.2) is 0 Å². The Labute approximate surface area is 86.4 Å². The van der Waals surface area contributed by atoms with E-state index in [1.165, 1.54) is 25.7 Å². The van der Waals surface area contributed by atoms with Gasteiger partial charge in [0.1, 0.15) is 0 Å². The number of nitrogens with zero attached hydrogens (tertiary/aromatic N) is 2. The molecule has 1 aliphatic carbocycles. The third-order valence-corrected chi connectivity index (χ3v) is 3.21. The van der Waals surface area contributed by atoms with Crippen LogP contribution in [-0.4, -0.2) is 15.4 Å². The monoisotopic (exact) mass is 218 g/mol. The SMILES string of the molecule is Clc1nsnc1OCC1CCCC1. The van der Waals surface area contributed by atoms with Crippen LogP contribution in [0.3, 0.4) is 0 Å². The van der Waals surface area contributed by atoms with Gasteiger partial charge in [-0.15, -0.1) is 4.37 Å². The lowest BCUT2D eigenvalue weighted by atomic mass is 10.1. The molecule has 1 aliphatic rings. The van der Waals surface area contributed by atoms with Crippen LogP contribution < -0.4 is 4.74 Å². The van der Waals surface area contributed by atoms with Gasteiger partial charge in [0, 0.05) is 0 Å². The van der Waals surface area contributed by atoms with Gasteiger partial charge in [-0.2, -0.15) is 4.37 Å². The summed E-state index contributed by atoms with van der Waals surface area (Å²) in [5, 5.41) is 0.392. The van der Waals surface area contributed by atoms with E-state index in [0.717, 1.165) is 18.3 Å². The molecule has 0 saturated heterocycles. The van der Waals surface area contributed by atoms with Crippen LogP contribution in [0.15, 0.2) is 0 Å². The Morgan fingerprint density at radius 2 is 2.15 bits per heavy atom. The minimum Gasteiger partial charge on any atom is -0.475 e. The van der Waals surface area contributed by atoms with Gasteiger partial charge in [0.05, 0.1) is 18.3 Å². The number of rotatable bonds is 3. The summed E-state index contributed by atoms with van der Waals surface area (Å²) in [7, 11) is 0. The second kappa shape index (κ2) is 4.24. The lowest BCUT2D eigenvalue weighted by molar-refractivity contribution is 0.245. The van der Waals surface area contributed by atoms with Crippen LogP contribution in [0.1, 0.15) is 25.7 Å². The number of ether oxygens (including phenoxy) is 1. The molecule has 0 N–H and O–H groups in total. The van der Waals surface area contributed by atoms with Crippen molar-refractivity contribution in [2.45, 2.75) is 25.7 Å². The molecule has 72 valence electrons. The predicted octanol–water partition coefficient (Wildman–Crippen LogP) is 2.76. The molecule has 0 bridgehead atoms. The first-order chi connectivity index (χ1) is 6.36. The fourth-order valence-electron chi connectivity index (χ4n) is 1.63. The van der Waals surface area contributed by atoms with E-state index in [2.05, 4.69) is 8.75 Å². The average Bonchev–Trinajstić information content (AvgIpc) is 2.72. The molecule has 0 aliphatic heterocycles. The van der Waals surface area contributed by atoms with Gasteiger partial charge < -0.3 is 4.74 Å². The number of halogens is 1. The standard InChI is InChI=1S/C8H11ClN2OS/c9-7-8(11-13-10-7)12-5-6-3-1-2-4-6/h6H,1-5H2. The zero-order chi connectivity index (χ0) is 9.10. The summed E-state index contributed by atoms with van der Waals surface area (Å²) < 4.78 is 13.3. The van der Waals surface area contributed by atoms with Crippen LogP contribution in [0.25, 0.3) is 0 Å². The quantitative estimate of drug-likeness (QED) is 0.783. The molecule has 1 aromatic rings. The van der Waals surface area contributed by atoms with Crippen molar-refractivity contribution >= 4 is 23.3 Å². The number of hydrogen-bond acceptors (Lipinski definition) is 4. The van der Waals surface area contributed by atoms with E-state index in [4.69, 9.17) is 16.3 Å². The van der Waals surface area contributed by atoms with E-state index < -0.39 is 0 Å². The summed E-state index contributed by atoms with van der Waals surface area (Å²) in [6, 6.07) is 0. The highest BCUT2D eigenvalue weighted by atomic mass is 35.5. The van der Waals surface area contributed by atoms with Crippen molar-refractivity contribution in [3.05, 3.63) is 5.15 Å². The van der Waals surface area contributed by atoms with Gasteiger partial charge in [-0.05, 0) is 18.8 Å². The molecule has 0 amide bonds. The van der Waals surface area contributed by atoms with Gasteiger partial charge >= 0.3 is 0 Å². The zero-order valence-electron chi connectivity index (χ0n) is 7.20. The summed E-state index contributed by atoms with van der Waals surface area (Å²) in [6.07, 6.45) is 5.21. The Morgan fingerprint density at radius 1 is 1.38 bits per heavy atom. The second-order valence-electron chi connectivity index (χ2n) is 3.32. The first kappa shape index (κ1) is 9.21.